The van der Waals surface area contributed by atoms with Crippen LogP contribution in [0.15, 0.2) is 30.3 Å². The van der Waals surface area contributed by atoms with Crippen molar-refractivity contribution in [2.75, 3.05) is 31.1 Å². The smallest absolute Gasteiger partial charge is 0.0995 e. The summed E-state index contributed by atoms with van der Waals surface area (Å²) in [6.07, 6.45) is 0. The van der Waals surface area contributed by atoms with Gasteiger partial charge in [-0.25, -0.2) is 0 Å². The standard InChI is InChI=1S/C13H19N3OS/c14-13(15)12(11-4-2-1-3-5-11)10-16-6-8-18(17)9-7-16/h1-5,12H,6-10H2,(H3,14,15). The van der Waals surface area contributed by atoms with Gasteiger partial charge in [-0.05, 0) is 5.56 Å². The molecule has 1 heterocycles. The van der Waals surface area contributed by atoms with Gasteiger partial charge in [-0.15, -0.1) is 0 Å². The average Bonchev–Trinajstić information content (AvgIpc) is 2.38. The Hall–Kier alpha value is -1.20. The molecular weight excluding hydrogens is 246 g/mol. The maximum atomic E-state index is 11.3. The van der Waals surface area contributed by atoms with Crippen LogP contribution in [0.3, 0.4) is 0 Å². The Morgan fingerprint density at radius 1 is 1.33 bits per heavy atom. The first-order valence-electron chi connectivity index (χ1n) is 6.13. The van der Waals surface area contributed by atoms with Crippen molar-refractivity contribution >= 4 is 16.6 Å². The average molecular weight is 265 g/mol. The van der Waals surface area contributed by atoms with Gasteiger partial charge >= 0.3 is 0 Å². The van der Waals surface area contributed by atoms with Crippen molar-refractivity contribution in [3.63, 3.8) is 0 Å². The molecule has 1 saturated heterocycles. The lowest BCUT2D eigenvalue weighted by Gasteiger charge is -2.29. The van der Waals surface area contributed by atoms with Crippen LogP contribution in [-0.2, 0) is 10.8 Å². The zero-order valence-electron chi connectivity index (χ0n) is 10.3. The van der Waals surface area contributed by atoms with Crippen LogP contribution in [0.2, 0.25) is 0 Å². The third kappa shape index (κ3) is 3.40. The van der Waals surface area contributed by atoms with Crippen LogP contribution in [0.5, 0.6) is 0 Å². The van der Waals surface area contributed by atoms with Gasteiger partial charge in [-0.3, -0.25) is 9.62 Å². The third-order valence-electron chi connectivity index (χ3n) is 3.29. The highest BCUT2D eigenvalue weighted by molar-refractivity contribution is 7.85. The molecule has 4 nitrogen and oxygen atoms in total. The maximum absolute atomic E-state index is 11.3. The summed E-state index contributed by atoms with van der Waals surface area (Å²) in [5.74, 6) is 1.62. The Morgan fingerprint density at radius 2 is 1.94 bits per heavy atom. The van der Waals surface area contributed by atoms with E-state index in [9.17, 15) is 4.21 Å². The van der Waals surface area contributed by atoms with E-state index in [1.807, 2.05) is 30.3 Å². The first kappa shape index (κ1) is 13.2. The van der Waals surface area contributed by atoms with E-state index < -0.39 is 10.8 Å². The van der Waals surface area contributed by atoms with E-state index in [-0.39, 0.29) is 11.8 Å². The number of nitrogens with one attached hydrogen (secondary N) is 1. The molecule has 1 aromatic rings. The first-order chi connectivity index (χ1) is 8.66. The van der Waals surface area contributed by atoms with Crippen LogP contribution in [0, 0.1) is 5.41 Å². The number of rotatable bonds is 4. The molecule has 0 radical (unpaired) electrons. The molecule has 1 unspecified atom stereocenters. The van der Waals surface area contributed by atoms with Crippen LogP contribution in [0.25, 0.3) is 0 Å². The summed E-state index contributed by atoms with van der Waals surface area (Å²) in [6.45, 7) is 2.42. The monoisotopic (exact) mass is 265 g/mol. The highest BCUT2D eigenvalue weighted by atomic mass is 32.2. The second-order valence-electron chi connectivity index (χ2n) is 4.57. The van der Waals surface area contributed by atoms with Gasteiger partial charge in [0.25, 0.3) is 0 Å². The third-order valence-corrected chi connectivity index (χ3v) is 4.56. The van der Waals surface area contributed by atoms with Crippen molar-refractivity contribution in [3.8, 4) is 0 Å². The lowest BCUT2D eigenvalue weighted by atomic mass is 9.97. The molecule has 0 bridgehead atoms. The molecule has 0 aromatic heterocycles. The Labute approximate surface area is 110 Å². The van der Waals surface area contributed by atoms with Gasteiger partial charge in [0.2, 0.25) is 0 Å². The van der Waals surface area contributed by atoms with E-state index in [0.29, 0.717) is 0 Å². The SMILES string of the molecule is N=C(N)C(CN1CCS(=O)CC1)c1ccccc1. The molecule has 1 fully saturated rings. The first-order valence-corrected chi connectivity index (χ1v) is 7.62. The molecule has 0 spiro atoms. The molecule has 0 aliphatic carbocycles. The summed E-state index contributed by atoms with van der Waals surface area (Å²) in [5, 5.41) is 7.74. The Morgan fingerprint density at radius 3 is 2.50 bits per heavy atom. The topological polar surface area (TPSA) is 70.2 Å². The normalized spacial score (nSPS) is 19.6. The van der Waals surface area contributed by atoms with Crippen molar-refractivity contribution in [1.29, 1.82) is 5.41 Å². The number of hydrogen-bond acceptors (Lipinski definition) is 3. The molecular formula is C13H19N3OS. The lowest BCUT2D eigenvalue weighted by molar-refractivity contribution is 0.296. The minimum atomic E-state index is -0.658. The number of amidine groups is 1. The predicted molar refractivity (Wildman–Crippen MR) is 75.4 cm³/mol. The quantitative estimate of drug-likeness (QED) is 0.624. The molecule has 2 rings (SSSR count). The fraction of sp³-hybridized carbons (Fsp3) is 0.462. The second kappa shape index (κ2) is 6.11. The molecule has 98 valence electrons. The number of nitrogens with zero attached hydrogens (tertiary/aromatic N) is 1. The highest BCUT2D eigenvalue weighted by Crippen LogP contribution is 2.17. The minimum Gasteiger partial charge on any atom is -0.387 e. The van der Waals surface area contributed by atoms with Gasteiger partial charge in [-0.1, -0.05) is 30.3 Å². The van der Waals surface area contributed by atoms with Crippen molar-refractivity contribution in [3.05, 3.63) is 35.9 Å². The fourth-order valence-electron chi connectivity index (χ4n) is 2.19. The predicted octanol–water partition coefficient (Wildman–Crippen LogP) is 0.770. The second-order valence-corrected chi connectivity index (χ2v) is 6.26. The summed E-state index contributed by atoms with van der Waals surface area (Å²) in [6, 6.07) is 9.92. The van der Waals surface area contributed by atoms with Gasteiger partial charge in [0.1, 0.15) is 0 Å². The van der Waals surface area contributed by atoms with Crippen molar-refractivity contribution < 1.29 is 4.21 Å². The fourth-order valence-corrected chi connectivity index (χ4v) is 3.31. The van der Waals surface area contributed by atoms with Crippen LogP contribution in [-0.4, -0.2) is 46.1 Å². The van der Waals surface area contributed by atoms with Crippen LogP contribution < -0.4 is 5.73 Å². The van der Waals surface area contributed by atoms with E-state index >= 15 is 0 Å². The lowest BCUT2D eigenvalue weighted by Crippen LogP contribution is -2.42. The zero-order chi connectivity index (χ0) is 13.0. The summed E-state index contributed by atoms with van der Waals surface area (Å²) in [7, 11) is -0.658. The minimum absolute atomic E-state index is 0.0577. The molecule has 3 N–H and O–H groups in total. The van der Waals surface area contributed by atoms with Gasteiger partial charge in [0, 0.05) is 41.9 Å². The van der Waals surface area contributed by atoms with Crippen LogP contribution >= 0.6 is 0 Å². The molecule has 1 atom stereocenters. The molecule has 18 heavy (non-hydrogen) atoms. The van der Waals surface area contributed by atoms with Crippen LogP contribution in [0.4, 0.5) is 0 Å². The van der Waals surface area contributed by atoms with Gasteiger partial charge in [0.15, 0.2) is 0 Å². The van der Waals surface area contributed by atoms with Crippen molar-refractivity contribution in [2.45, 2.75) is 5.92 Å². The van der Waals surface area contributed by atoms with Crippen LogP contribution in [0.1, 0.15) is 11.5 Å². The van der Waals surface area contributed by atoms with Crippen molar-refractivity contribution in [1.82, 2.24) is 4.90 Å². The molecule has 1 aliphatic rings. The summed E-state index contributed by atoms with van der Waals surface area (Å²) >= 11 is 0. The van der Waals surface area contributed by atoms with E-state index in [1.54, 1.807) is 0 Å². The number of hydrogen-bond donors (Lipinski definition) is 2. The molecule has 1 aromatic carbocycles. The maximum Gasteiger partial charge on any atom is 0.0995 e. The molecule has 1 aliphatic heterocycles. The van der Waals surface area contributed by atoms with E-state index in [0.717, 1.165) is 36.7 Å². The summed E-state index contributed by atoms with van der Waals surface area (Å²) < 4.78 is 11.3. The van der Waals surface area contributed by atoms with E-state index in [4.69, 9.17) is 11.1 Å². The molecule has 5 heteroatoms. The number of benzene rings is 1. The Balaban J connectivity index is 2.03. The summed E-state index contributed by atoms with van der Waals surface area (Å²) in [4.78, 5) is 2.25. The van der Waals surface area contributed by atoms with E-state index in [1.165, 1.54) is 0 Å². The Kier molecular flexibility index (Phi) is 4.49. The number of nitrogens with two attached hydrogens (primary N) is 1. The molecule has 0 amide bonds. The van der Waals surface area contributed by atoms with Gasteiger partial charge in [-0.2, -0.15) is 0 Å². The van der Waals surface area contributed by atoms with Gasteiger partial charge in [0.05, 0.1) is 11.8 Å². The van der Waals surface area contributed by atoms with Gasteiger partial charge < -0.3 is 10.6 Å². The molecule has 0 saturated carbocycles. The zero-order valence-corrected chi connectivity index (χ0v) is 11.2. The van der Waals surface area contributed by atoms with Crippen molar-refractivity contribution in [2.24, 2.45) is 5.73 Å². The van der Waals surface area contributed by atoms with E-state index in [2.05, 4.69) is 4.90 Å². The largest absolute Gasteiger partial charge is 0.387 e. The summed E-state index contributed by atoms with van der Waals surface area (Å²) in [5.41, 5.74) is 6.79. The highest BCUT2D eigenvalue weighted by Gasteiger charge is 2.21. The Bertz CT molecular complexity index is 425.